The van der Waals surface area contributed by atoms with Crippen molar-refractivity contribution >= 4 is 5.91 Å². The van der Waals surface area contributed by atoms with Crippen LogP contribution < -0.4 is 0 Å². The van der Waals surface area contributed by atoms with Crippen LogP contribution in [0.25, 0.3) is 0 Å². The Morgan fingerprint density at radius 1 is 1.50 bits per heavy atom. The van der Waals surface area contributed by atoms with Crippen molar-refractivity contribution in [3.05, 3.63) is 47.5 Å². The van der Waals surface area contributed by atoms with Gasteiger partial charge in [-0.05, 0) is 35.6 Å². The molecule has 2 rings (SSSR count). The molecule has 1 atom stereocenters. The summed E-state index contributed by atoms with van der Waals surface area (Å²) in [5.41, 5.74) is 4.11. The van der Waals surface area contributed by atoms with Crippen LogP contribution in [0, 0.1) is 0 Å². The summed E-state index contributed by atoms with van der Waals surface area (Å²) in [4.78, 5) is 13.7. The molecule has 0 saturated carbocycles. The van der Waals surface area contributed by atoms with Crippen molar-refractivity contribution < 1.29 is 4.79 Å². The highest BCUT2D eigenvalue weighted by Gasteiger charge is 2.25. The summed E-state index contributed by atoms with van der Waals surface area (Å²) in [5, 5.41) is 0. The van der Waals surface area contributed by atoms with Crippen molar-refractivity contribution in [2.75, 3.05) is 6.54 Å². The fourth-order valence-electron chi connectivity index (χ4n) is 2.67. The third-order valence-corrected chi connectivity index (χ3v) is 3.84. The van der Waals surface area contributed by atoms with E-state index in [0.717, 1.165) is 25.9 Å². The van der Waals surface area contributed by atoms with E-state index >= 15 is 0 Å². The highest BCUT2D eigenvalue weighted by Crippen LogP contribution is 2.31. The Labute approximate surface area is 109 Å². The van der Waals surface area contributed by atoms with E-state index < -0.39 is 0 Å². The van der Waals surface area contributed by atoms with Gasteiger partial charge in [0, 0.05) is 19.0 Å². The fourth-order valence-corrected chi connectivity index (χ4v) is 2.67. The van der Waals surface area contributed by atoms with Gasteiger partial charge in [0.2, 0.25) is 5.91 Å². The highest BCUT2D eigenvalue weighted by molar-refractivity contribution is 5.87. The fraction of sp³-hybridized carbons (Fsp3) is 0.438. The maximum Gasteiger partial charge on any atom is 0.246 e. The largest absolute Gasteiger partial charge is 0.334 e. The van der Waals surface area contributed by atoms with Gasteiger partial charge >= 0.3 is 0 Å². The molecule has 1 aliphatic rings. The summed E-state index contributed by atoms with van der Waals surface area (Å²) >= 11 is 0. The maximum absolute atomic E-state index is 11.8. The first kappa shape index (κ1) is 12.9. The molecule has 1 heterocycles. The third-order valence-electron chi connectivity index (χ3n) is 3.84. The number of benzene rings is 1. The summed E-state index contributed by atoms with van der Waals surface area (Å²) in [7, 11) is 0. The average molecular weight is 243 g/mol. The van der Waals surface area contributed by atoms with Crippen molar-refractivity contribution in [3.8, 4) is 0 Å². The molecule has 1 aliphatic heterocycles. The minimum atomic E-state index is 0.0404. The standard InChI is InChI=1S/C16H21NO/c1-4-12-7-8-14-11-17(16(18)6-3)10-13(5-2)15(14)9-12/h6-9,13H,3-5,10-11H2,1-2H3/t13-/m1/s1. The summed E-state index contributed by atoms with van der Waals surface area (Å²) in [6.45, 7) is 9.49. The van der Waals surface area contributed by atoms with Crippen molar-refractivity contribution in [1.82, 2.24) is 4.90 Å². The molecule has 1 aromatic rings. The van der Waals surface area contributed by atoms with Crippen molar-refractivity contribution in [2.45, 2.75) is 39.2 Å². The molecule has 2 nitrogen and oxygen atoms in total. The molecule has 18 heavy (non-hydrogen) atoms. The van der Waals surface area contributed by atoms with Gasteiger partial charge in [0.05, 0.1) is 0 Å². The average Bonchev–Trinajstić information content (AvgIpc) is 2.44. The summed E-state index contributed by atoms with van der Waals surface area (Å²) < 4.78 is 0. The maximum atomic E-state index is 11.8. The Morgan fingerprint density at radius 2 is 2.28 bits per heavy atom. The van der Waals surface area contributed by atoms with E-state index in [-0.39, 0.29) is 5.91 Å². The SMILES string of the molecule is C=CC(=O)N1Cc2ccc(CC)cc2[C@H](CC)C1. The first-order chi connectivity index (χ1) is 8.69. The Balaban J connectivity index is 2.35. The second kappa shape index (κ2) is 5.38. The van der Waals surface area contributed by atoms with Gasteiger partial charge in [-0.2, -0.15) is 0 Å². The number of hydrogen-bond acceptors (Lipinski definition) is 1. The quantitative estimate of drug-likeness (QED) is 0.746. The molecular weight excluding hydrogens is 222 g/mol. The van der Waals surface area contributed by atoms with E-state index in [9.17, 15) is 4.79 Å². The van der Waals surface area contributed by atoms with E-state index in [1.807, 2.05) is 4.90 Å². The Kier molecular flexibility index (Phi) is 3.85. The molecule has 0 aliphatic carbocycles. The zero-order chi connectivity index (χ0) is 13.1. The number of fused-ring (bicyclic) bond motifs is 1. The lowest BCUT2D eigenvalue weighted by Gasteiger charge is -2.34. The number of nitrogens with zero attached hydrogens (tertiary/aromatic N) is 1. The van der Waals surface area contributed by atoms with Gasteiger partial charge < -0.3 is 4.90 Å². The van der Waals surface area contributed by atoms with Crippen LogP contribution in [-0.4, -0.2) is 17.4 Å². The van der Waals surface area contributed by atoms with Gasteiger partial charge in [-0.25, -0.2) is 0 Å². The van der Waals surface area contributed by atoms with Crippen LogP contribution in [-0.2, 0) is 17.8 Å². The molecule has 0 fully saturated rings. The molecule has 1 aromatic carbocycles. The Bertz CT molecular complexity index is 464. The summed E-state index contributed by atoms with van der Waals surface area (Å²) in [6, 6.07) is 6.67. The molecule has 1 amide bonds. The van der Waals surface area contributed by atoms with Crippen molar-refractivity contribution in [2.24, 2.45) is 0 Å². The van der Waals surface area contributed by atoms with E-state index in [2.05, 4.69) is 38.6 Å². The van der Waals surface area contributed by atoms with E-state index in [1.54, 1.807) is 0 Å². The topological polar surface area (TPSA) is 20.3 Å². The molecule has 0 N–H and O–H groups in total. The van der Waals surface area contributed by atoms with Crippen LogP contribution >= 0.6 is 0 Å². The molecular formula is C16H21NO. The first-order valence-corrected chi connectivity index (χ1v) is 6.72. The minimum absolute atomic E-state index is 0.0404. The van der Waals surface area contributed by atoms with E-state index in [1.165, 1.54) is 22.8 Å². The third kappa shape index (κ3) is 2.33. The Morgan fingerprint density at radius 3 is 2.89 bits per heavy atom. The second-order valence-corrected chi connectivity index (χ2v) is 4.91. The molecule has 0 unspecified atom stereocenters. The molecule has 0 radical (unpaired) electrons. The summed E-state index contributed by atoms with van der Waals surface area (Å²) in [5.74, 6) is 0.503. The molecule has 0 spiro atoms. The van der Waals surface area contributed by atoms with Gasteiger partial charge in [-0.1, -0.05) is 38.6 Å². The zero-order valence-electron chi connectivity index (χ0n) is 11.3. The molecule has 2 heteroatoms. The summed E-state index contributed by atoms with van der Waals surface area (Å²) in [6.07, 6.45) is 3.55. The molecule has 96 valence electrons. The van der Waals surface area contributed by atoms with Gasteiger partial charge in [0.15, 0.2) is 0 Å². The predicted molar refractivity (Wildman–Crippen MR) is 74.5 cm³/mol. The van der Waals surface area contributed by atoms with E-state index in [0.29, 0.717) is 5.92 Å². The number of amides is 1. The smallest absolute Gasteiger partial charge is 0.246 e. The Hall–Kier alpha value is -1.57. The highest BCUT2D eigenvalue weighted by atomic mass is 16.2. The number of aryl methyl sites for hydroxylation is 1. The molecule has 0 bridgehead atoms. The van der Waals surface area contributed by atoms with E-state index in [4.69, 9.17) is 0 Å². The zero-order valence-corrected chi connectivity index (χ0v) is 11.3. The van der Waals surface area contributed by atoms with Crippen LogP contribution in [0.2, 0.25) is 0 Å². The van der Waals surface area contributed by atoms with Gasteiger partial charge in [0.1, 0.15) is 0 Å². The first-order valence-electron chi connectivity index (χ1n) is 6.72. The lowest BCUT2D eigenvalue weighted by atomic mass is 9.86. The van der Waals surface area contributed by atoms with Crippen LogP contribution in [0.15, 0.2) is 30.9 Å². The van der Waals surface area contributed by atoms with Crippen molar-refractivity contribution in [3.63, 3.8) is 0 Å². The molecule has 0 saturated heterocycles. The minimum Gasteiger partial charge on any atom is -0.334 e. The van der Waals surface area contributed by atoms with Gasteiger partial charge in [0.25, 0.3) is 0 Å². The number of rotatable bonds is 3. The van der Waals surface area contributed by atoms with Gasteiger partial charge in [-0.3, -0.25) is 4.79 Å². The van der Waals surface area contributed by atoms with Crippen LogP contribution in [0.5, 0.6) is 0 Å². The van der Waals surface area contributed by atoms with Crippen molar-refractivity contribution in [1.29, 1.82) is 0 Å². The number of hydrogen-bond donors (Lipinski definition) is 0. The predicted octanol–water partition coefficient (Wildman–Crippen LogP) is 3.27. The second-order valence-electron chi connectivity index (χ2n) is 4.91. The van der Waals surface area contributed by atoms with Crippen LogP contribution in [0.3, 0.4) is 0 Å². The number of carbonyl (C=O) groups excluding carboxylic acids is 1. The lowest BCUT2D eigenvalue weighted by Crippen LogP contribution is -2.37. The monoisotopic (exact) mass is 243 g/mol. The number of carbonyl (C=O) groups is 1. The van der Waals surface area contributed by atoms with Crippen LogP contribution in [0.4, 0.5) is 0 Å². The van der Waals surface area contributed by atoms with Gasteiger partial charge in [-0.15, -0.1) is 0 Å². The van der Waals surface area contributed by atoms with Crippen LogP contribution in [0.1, 0.15) is 42.9 Å². The normalized spacial score (nSPS) is 18.3. The molecule has 0 aromatic heterocycles. The lowest BCUT2D eigenvalue weighted by molar-refractivity contribution is -0.127.